The molecule has 3 fully saturated rings. The molecule has 3 aromatic rings. The van der Waals surface area contributed by atoms with Crippen molar-refractivity contribution >= 4 is 21.4 Å². The smallest absolute Gasteiger partial charge is 0.217 e. The second-order valence-electron chi connectivity index (χ2n) is 8.41. The van der Waals surface area contributed by atoms with E-state index in [-0.39, 0.29) is 17.3 Å². The molecule has 2 unspecified atom stereocenters. The lowest BCUT2D eigenvalue weighted by Gasteiger charge is -2.40. The molecule has 0 N–H and O–H groups in total. The number of fused-ring (bicyclic) bond motifs is 3. The van der Waals surface area contributed by atoms with Gasteiger partial charge in [0, 0.05) is 55.7 Å². The SMILES string of the molecule is Cn1cc(-c2cc3c(N4CC5CCC(C4)N5S(=O)(=O)C4CC4)ncnn3c2)cn1. The van der Waals surface area contributed by atoms with Gasteiger partial charge in [0.15, 0.2) is 5.82 Å². The molecule has 2 atom stereocenters. The number of rotatable bonds is 4. The lowest BCUT2D eigenvalue weighted by molar-refractivity contribution is 0.285. The van der Waals surface area contributed by atoms with Crippen LogP contribution in [0.1, 0.15) is 25.7 Å². The van der Waals surface area contributed by atoms with Crippen molar-refractivity contribution in [2.75, 3.05) is 18.0 Å². The molecule has 1 saturated carbocycles. The average molecular weight is 414 g/mol. The zero-order valence-corrected chi connectivity index (χ0v) is 17.0. The van der Waals surface area contributed by atoms with Crippen molar-refractivity contribution in [3.05, 3.63) is 31.0 Å². The molecule has 0 spiro atoms. The van der Waals surface area contributed by atoms with E-state index in [4.69, 9.17) is 0 Å². The van der Waals surface area contributed by atoms with Gasteiger partial charge in [-0.25, -0.2) is 17.9 Å². The third kappa shape index (κ3) is 2.69. The van der Waals surface area contributed by atoms with Gasteiger partial charge in [0.2, 0.25) is 10.0 Å². The van der Waals surface area contributed by atoms with E-state index >= 15 is 0 Å². The molecule has 1 aliphatic carbocycles. The van der Waals surface area contributed by atoms with Crippen LogP contribution in [0.5, 0.6) is 0 Å². The number of aryl methyl sites for hydroxylation is 1. The van der Waals surface area contributed by atoms with Crippen LogP contribution in [0.15, 0.2) is 31.0 Å². The largest absolute Gasteiger partial charge is 0.352 e. The summed E-state index contributed by atoms with van der Waals surface area (Å²) in [5.74, 6) is 0.871. The fraction of sp³-hybridized carbons (Fsp3) is 0.526. The molecule has 3 aromatic heterocycles. The Morgan fingerprint density at radius 2 is 1.76 bits per heavy atom. The molecule has 152 valence electrons. The fourth-order valence-electron chi connectivity index (χ4n) is 4.88. The van der Waals surface area contributed by atoms with E-state index in [2.05, 4.69) is 26.1 Å². The lowest BCUT2D eigenvalue weighted by atomic mass is 10.2. The zero-order chi connectivity index (χ0) is 19.8. The third-order valence-corrected chi connectivity index (χ3v) is 8.88. The number of sulfonamides is 1. The van der Waals surface area contributed by atoms with E-state index in [0.29, 0.717) is 13.1 Å². The Morgan fingerprint density at radius 1 is 1.00 bits per heavy atom. The second-order valence-corrected chi connectivity index (χ2v) is 10.5. The first-order chi connectivity index (χ1) is 14.0. The molecular formula is C19H23N7O2S. The Bertz CT molecular complexity index is 1180. The summed E-state index contributed by atoms with van der Waals surface area (Å²) in [5, 5.41) is 8.48. The van der Waals surface area contributed by atoms with Crippen molar-refractivity contribution in [1.29, 1.82) is 0 Å². The summed E-state index contributed by atoms with van der Waals surface area (Å²) in [6.07, 6.45) is 10.9. The van der Waals surface area contributed by atoms with Gasteiger partial charge < -0.3 is 4.90 Å². The Labute approximate surface area is 169 Å². The standard InChI is InChI=1S/C19H23N7O2S/c1-23-8-14(7-21-23)13-6-18-19(20-12-22-25(18)9-13)24-10-15-2-3-16(11-24)26(15)29(27,28)17-4-5-17/h6-9,12,15-17H,2-5,10-11H2,1H3. The van der Waals surface area contributed by atoms with Gasteiger partial charge >= 0.3 is 0 Å². The fourth-order valence-corrected chi connectivity index (χ4v) is 7.13. The molecule has 9 nitrogen and oxygen atoms in total. The second kappa shape index (κ2) is 6.02. The van der Waals surface area contributed by atoms with E-state index in [1.54, 1.807) is 11.0 Å². The van der Waals surface area contributed by atoms with Gasteiger partial charge in [0.05, 0.1) is 11.4 Å². The molecule has 2 bridgehead atoms. The lowest BCUT2D eigenvalue weighted by Crippen LogP contribution is -2.56. The number of piperazine rings is 1. The van der Waals surface area contributed by atoms with Gasteiger partial charge in [0.1, 0.15) is 11.8 Å². The topological polar surface area (TPSA) is 88.6 Å². The quantitative estimate of drug-likeness (QED) is 0.640. The number of hydrogen-bond donors (Lipinski definition) is 0. The van der Waals surface area contributed by atoms with Crippen LogP contribution < -0.4 is 4.90 Å². The summed E-state index contributed by atoms with van der Waals surface area (Å²) in [4.78, 5) is 6.82. The Kier molecular flexibility index (Phi) is 3.61. The molecule has 3 aliphatic rings. The highest BCUT2D eigenvalue weighted by Crippen LogP contribution is 2.41. The summed E-state index contributed by atoms with van der Waals surface area (Å²) in [6.45, 7) is 1.37. The van der Waals surface area contributed by atoms with Crippen molar-refractivity contribution < 1.29 is 8.42 Å². The van der Waals surface area contributed by atoms with Gasteiger partial charge in [-0.15, -0.1) is 0 Å². The van der Waals surface area contributed by atoms with E-state index in [1.165, 1.54) is 0 Å². The molecule has 5 heterocycles. The highest BCUT2D eigenvalue weighted by Gasteiger charge is 2.51. The minimum atomic E-state index is -3.14. The van der Waals surface area contributed by atoms with Crippen molar-refractivity contribution in [2.45, 2.75) is 43.0 Å². The molecule has 2 saturated heterocycles. The van der Waals surface area contributed by atoms with Gasteiger partial charge in [-0.05, 0) is 31.7 Å². The number of aromatic nitrogens is 5. The first-order valence-corrected chi connectivity index (χ1v) is 11.6. The van der Waals surface area contributed by atoms with Crippen LogP contribution in [0, 0.1) is 0 Å². The molecule has 0 aromatic carbocycles. The summed E-state index contributed by atoms with van der Waals surface area (Å²) in [6, 6.07) is 2.17. The Balaban J connectivity index is 1.34. The van der Waals surface area contributed by atoms with E-state index in [0.717, 1.165) is 48.1 Å². The number of nitrogens with zero attached hydrogens (tertiary/aromatic N) is 7. The predicted molar refractivity (Wildman–Crippen MR) is 108 cm³/mol. The molecule has 6 rings (SSSR count). The van der Waals surface area contributed by atoms with Crippen LogP contribution in [0.25, 0.3) is 16.6 Å². The van der Waals surface area contributed by atoms with Crippen molar-refractivity contribution in [2.24, 2.45) is 7.05 Å². The highest BCUT2D eigenvalue weighted by atomic mass is 32.2. The minimum absolute atomic E-state index is 0.0436. The van der Waals surface area contributed by atoms with Crippen LogP contribution in [-0.4, -0.2) is 67.5 Å². The maximum atomic E-state index is 12.9. The van der Waals surface area contributed by atoms with E-state index in [9.17, 15) is 8.42 Å². The summed E-state index contributed by atoms with van der Waals surface area (Å²) in [5.41, 5.74) is 3.01. The Hall–Kier alpha value is -2.46. The predicted octanol–water partition coefficient (Wildman–Crippen LogP) is 1.27. The van der Waals surface area contributed by atoms with Gasteiger partial charge in [-0.2, -0.15) is 14.5 Å². The van der Waals surface area contributed by atoms with Gasteiger partial charge in [0.25, 0.3) is 0 Å². The molecule has 2 aliphatic heterocycles. The summed E-state index contributed by atoms with van der Waals surface area (Å²) >= 11 is 0. The van der Waals surface area contributed by atoms with Crippen molar-refractivity contribution in [3.63, 3.8) is 0 Å². The highest BCUT2D eigenvalue weighted by molar-refractivity contribution is 7.90. The molecule has 0 amide bonds. The monoisotopic (exact) mass is 413 g/mol. The van der Waals surface area contributed by atoms with Gasteiger partial charge in [-0.3, -0.25) is 4.68 Å². The third-order valence-electron chi connectivity index (χ3n) is 6.38. The van der Waals surface area contributed by atoms with Crippen LogP contribution in [-0.2, 0) is 17.1 Å². The number of hydrogen-bond acceptors (Lipinski definition) is 6. The molecular weight excluding hydrogens is 390 g/mol. The summed E-state index contributed by atoms with van der Waals surface area (Å²) in [7, 11) is -1.24. The first-order valence-electron chi connectivity index (χ1n) is 10.1. The molecule has 10 heteroatoms. The maximum Gasteiger partial charge on any atom is 0.217 e. The minimum Gasteiger partial charge on any atom is -0.352 e. The Morgan fingerprint density at radius 3 is 2.41 bits per heavy atom. The molecule has 0 radical (unpaired) electrons. The summed E-state index contributed by atoms with van der Waals surface area (Å²) < 4.78 is 31.3. The average Bonchev–Trinajstić information content (AvgIpc) is 3.25. The van der Waals surface area contributed by atoms with Crippen molar-refractivity contribution in [1.82, 2.24) is 28.7 Å². The normalized spacial score (nSPS) is 25.2. The first kappa shape index (κ1) is 17.4. The number of anilines is 1. The van der Waals surface area contributed by atoms with Crippen LogP contribution in [0.2, 0.25) is 0 Å². The van der Waals surface area contributed by atoms with E-state index in [1.807, 2.05) is 34.5 Å². The molecule has 29 heavy (non-hydrogen) atoms. The van der Waals surface area contributed by atoms with Crippen molar-refractivity contribution in [3.8, 4) is 11.1 Å². The van der Waals surface area contributed by atoms with E-state index < -0.39 is 10.0 Å². The van der Waals surface area contributed by atoms with Crippen LogP contribution in [0.4, 0.5) is 5.82 Å². The van der Waals surface area contributed by atoms with Crippen LogP contribution >= 0.6 is 0 Å². The zero-order valence-electron chi connectivity index (χ0n) is 16.2. The van der Waals surface area contributed by atoms with Gasteiger partial charge in [-0.1, -0.05) is 0 Å². The van der Waals surface area contributed by atoms with Crippen LogP contribution in [0.3, 0.4) is 0 Å². The maximum absolute atomic E-state index is 12.9.